The second-order valence-corrected chi connectivity index (χ2v) is 8.25. The number of hydrogen-bond donors (Lipinski definition) is 1. The lowest BCUT2D eigenvalue weighted by Gasteiger charge is -2.33. The number of nitrogens with one attached hydrogen (secondary N) is 1. The summed E-state index contributed by atoms with van der Waals surface area (Å²) < 4.78 is 5.22. The molecular formula is C21H29N5O4. The Balaban J connectivity index is 1.51. The van der Waals surface area contributed by atoms with Gasteiger partial charge in [-0.15, -0.1) is 0 Å². The summed E-state index contributed by atoms with van der Waals surface area (Å²) in [6.07, 6.45) is 3.24. The topological polar surface area (TPSA) is 85.4 Å². The van der Waals surface area contributed by atoms with E-state index in [1.165, 1.54) is 14.7 Å². The third kappa shape index (κ3) is 3.53. The molecule has 1 aliphatic carbocycles. The number of methoxy groups -OCH3 is 1. The van der Waals surface area contributed by atoms with Crippen molar-refractivity contribution in [1.82, 2.24) is 24.9 Å². The molecule has 2 atom stereocenters. The van der Waals surface area contributed by atoms with E-state index in [2.05, 4.69) is 5.32 Å². The van der Waals surface area contributed by atoms with Gasteiger partial charge in [-0.2, -0.15) is 0 Å². The van der Waals surface area contributed by atoms with E-state index in [4.69, 9.17) is 4.74 Å². The lowest BCUT2D eigenvalue weighted by Crippen LogP contribution is -2.50. The molecule has 3 fully saturated rings. The van der Waals surface area contributed by atoms with Gasteiger partial charge in [0.15, 0.2) is 0 Å². The van der Waals surface area contributed by atoms with Crippen LogP contribution in [0.4, 0.5) is 9.59 Å². The number of nitrogens with zero attached hydrogens (tertiary/aromatic N) is 4. The van der Waals surface area contributed by atoms with Crippen molar-refractivity contribution >= 4 is 18.0 Å². The Hall–Kier alpha value is -2.97. The van der Waals surface area contributed by atoms with Gasteiger partial charge < -0.3 is 24.8 Å². The summed E-state index contributed by atoms with van der Waals surface area (Å²) in [6, 6.07) is 7.39. The van der Waals surface area contributed by atoms with Crippen molar-refractivity contribution in [2.75, 3.05) is 27.7 Å². The fraction of sp³-hybridized carbons (Fsp3) is 0.571. The van der Waals surface area contributed by atoms with Crippen molar-refractivity contribution in [3.05, 3.63) is 29.8 Å². The van der Waals surface area contributed by atoms with Gasteiger partial charge in [0.25, 0.3) is 0 Å². The Morgan fingerprint density at radius 3 is 2.43 bits per heavy atom. The van der Waals surface area contributed by atoms with Gasteiger partial charge in [-0.3, -0.25) is 9.69 Å². The van der Waals surface area contributed by atoms with E-state index in [1.807, 2.05) is 29.2 Å². The van der Waals surface area contributed by atoms with Gasteiger partial charge in [0.1, 0.15) is 24.6 Å². The number of amides is 5. The maximum absolute atomic E-state index is 13.4. The average molecular weight is 415 g/mol. The molecule has 1 N–H and O–H groups in total. The maximum atomic E-state index is 13.4. The zero-order chi connectivity index (χ0) is 21.4. The minimum atomic E-state index is -0.481. The van der Waals surface area contributed by atoms with E-state index in [-0.39, 0.29) is 30.6 Å². The zero-order valence-corrected chi connectivity index (χ0v) is 17.7. The minimum absolute atomic E-state index is 0.0505. The predicted molar refractivity (Wildman–Crippen MR) is 110 cm³/mol. The molecule has 1 aromatic rings. The van der Waals surface area contributed by atoms with E-state index in [0.29, 0.717) is 6.54 Å². The summed E-state index contributed by atoms with van der Waals surface area (Å²) in [5.41, 5.74) is 1.02. The number of rotatable bonds is 6. The minimum Gasteiger partial charge on any atom is -0.497 e. The van der Waals surface area contributed by atoms with Crippen molar-refractivity contribution in [2.24, 2.45) is 0 Å². The summed E-state index contributed by atoms with van der Waals surface area (Å²) >= 11 is 0. The highest BCUT2D eigenvalue weighted by Crippen LogP contribution is 2.29. The van der Waals surface area contributed by atoms with E-state index >= 15 is 0 Å². The lowest BCUT2D eigenvalue weighted by molar-refractivity contribution is -0.135. The van der Waals surface area contributed by atoms with E-state index in [9.17, 15) is 14.4 Å². The van der Waals surface area contributed by atoms with Crippen LogP contribution in [-0.2, 0) is 11.3 Å². The summed E-state index contributed by atoms with van der Waals surface area (Å²) in [5.74, 6) is 0.680. The molecule has 0 bridgehead atoms. The normalized spacial score (nSPS) is 23.8. The largest absolute Gasteiger partial charge is 0.497 e. The summed E-state index contributed by atoms with van der Waals surface area (Å²) in [7, 11) is 4.94. The predicted octanol–water partition coefficient (Wildman–Crippen LogP) is 1.64. The third-order valence-corrected chi connectivity index (χ3v) is 6.45. The van der Waals surface area contributed by atoms with E-state index in [1.54, 1.807) is 21.2 Å². The molecular weight excluding hydrogens is 386 g/mol. The molecule has 2 aliphatic heterocycles. The molecule has 4 rings (SSSR count). The van der Waals surface area contributed by atoms with Crippen LogP contribution < -0.4 is 10.1 Å². The Morgan fingerprint density at radius 1 is 1.13 bits per heavy atom. The summed E-state index contributed by atoms with van der Waals surface area (Å²) in [5, 5.41) is 2.82. The highest BCUT2D eigenvalue weighted by atomic mass is 16.5. The molecule has 162 valence electrons. The SMILES string of the molecule is COc1ccc(CN(C(=O)CN2C(=O)N[C@H]3[C@@H]2N(C)C(=O)N3C)C2CCCC2)cc1. The monoisotopic (exact) mass is 415 g/mol. The van der Waals surface area contributed by atoms with Crippen molar-refractivity contribution < 1.29 is 19.1 Å². The van der Waals surface area contributed by atoms with E-state index < -0.39 is 12.3 Å². The Kier molecular flexibility index (Phi) is 5.44. The van der Waals surface area contributed by atoms with Gasteiger partial charge in [0, 0.05) is 26.7 Å². The van der Waals surface area contributed by atoms with Gasteiger partial charge in [-0.1, -0.05) is 25.0 Å². The standard InChI is InChI=1S/C21H29N5O4/c1-23-18-19(24(2)21(23)29)26(20(28)22-18)13-17(27)25(15-6-4-5-7-15)12-14-8-10-16(30-3)11-9-14/h8-11,15,18-19H,4-7,12-13H2,1-3H3,(H,22,28)/t18-,19-/m1/s1. The number of carbonyl (C=O) groups excluding carboxylic acids is 3. The van der Waals surface area contributed by atoms with Crippen LogP contribution in [0.2, 0.25) is 0 Å². The quantitative estimate of drug-likeness (QED) is 0.766. The second kappa shape index (κ2) is 8.04. The molecule has 1 aromatic carbocycles. The number of ether oxygens (including phenoxy) is 1. The number of hydrogen-bond acceptors (Lipinski definition) is 4. The highest BCUT2D eigenvalue weighted by molar-refractivity contribution is 5.89. The van der Waals surface area contributed by atoms with Gasteiger partial charge in [0.05, 0.1) is 7.11 Å². The van der Waals surface area contributed by atoms with Crippen molar-refractivity contribution in [3.8, 4) is 5.75 Å². The number of fused-ring (bicyclic) bond motifs is 1. The third-order valence-electron chi connectivity index (χ3n) is 6.45. The summed E-state index contributed by atoms with van der Waals surface area (Å²) in [4.78, 5) is 44.6. The number of benzene rings is 1. The van der Waals surface area contributed by atoms with Crippen LogP contribution in [0.1, 0.15) is 31.2 Å². The number of likely N-dealkylation sites (N-methyl/N-ethyl adjacent to an activating group) is 2. The molecule has 2 heterocycles. The van der Waals surface area contributed by atoms with Crippen LogP contribution >= 0.6 is 0 Å². The highest BCUT2D eigenvalue weighted by Gasteiger charge is 2.53. The molecule has 0 radical (unpaired) electrons. The molecule has 9 nitrogen and oxygen atoms in total. The van der Waals surface area contributed by atoms with Gasteiger partial charge in [0.2, 0.25) is 5.91 Å². The Labute approximate surface area is 176 Å². The Bertz CT molecular complexity index is 823. The van der Waals surface area contributed by atoms with Crippen molar-refractivity contribution in [2.45, 2.75) is 50.6 Å². The van der Waals surface area contributed by atoms with Crippen LogP contribution in [-0.4, -0.2) is 83.7 Å². The van der Waals surface area contributed by atoms with Crippen molar-refractivity contribution in [1.29, 1.82) is 0 Å². The molecule has 30 heavy (non-hydrogen) atoms. The second-order valence-electron chi connectivity index (χ2n) is 8.25. The molecule has 0 unspecified atom stereocenters. The van der Waals surface area contributed by atoms with Crippen LogP contribution in [0.5, 0.6) is 5.75 Å². The van der Waals surface area contributed by atoms with Crippen LogP contribution in [0.3, 0.4) is 0 Å². The average Bonchev–Trinajstić information content (AvgIpc) is 3.43. The number of carbonyl (C=O) groups is 3. The maximum Gasteiger partial charge on any atom is 0.323 e. The van der Waals surface area contributed by atoms with Crippen molar-refractivity contribution in [3.63, 3.8) is 0 Å². The van der Waals surface area contributed by atoms with Crippen LogP contribution in [0, 0.1) is 0 Å². The first-order chi connectivity index (χ1) is 14.4. The van der Waals surface area contributed by atoms with E-state index in [0.717, 1.165) is 37.0 Å². The molecule has 1 saturated carbocycles. The molecule has 5 amide bonds. The first-order valence-electron chi connectivity index (χ1n) is 10.4. The molecule has 0 spiro atoms. The zero-order valence-electron chi connectivity index (χ0n) is 17.7. The van der Waals surface area contributed by atoms with Gasteiger partial charge in [-0.25, -0.2) is 9.59 Å². The van der Waals surface area contributed by atoms with Gasteiger partial charge in [-0.05, 0) is 30.5 Å². The summed E-state index contributed by atoms with van der Waals surface area (Å²) in [6.45, 7) is 0.441. The molecule has 9 heteroatoms. The smallest absolute Gasteiger partial charge is 0.323 e. The van der Waals surface area contributed by atoms with Crippen LogP contribution in [0.25, 0.3) is 0 Å². The molecule has 0 aromatic heterocycles. The van der Waals surface area contributed by atoms with Gasteiger partial charge >= 0.3 is 12.1 Å². The van der Waals surface area contributed by atoms with Crippen LogP contribution in [0.15, 0.2) is 24.3 Å². The molecule has 3 aliphatic rings. The Morgan fingerprint density at radius 2 is 1.80 bits per heavy atom. The fourth-order valence-electron chi connectivity index (χ4n) is 4.74. The first-order valence-corrected chi connectivity index (χ1v) is 10.4. The lowest BCUT2D eigenvalue weighted by atomic mass is 10.1. The molecule has 2 saturated heterocycles. The first kappa shape index (κ1) is 20.3. The number of urea groups is 2. The fourth-order valence-corrected chi connectivity index (χ4v) is 4.74.